The highest BCUT2D eigenvalue weighted by atomic mass is 19.1. The molecule has 2 heterocycles. The van der Waals surface area contributed by atoms with E-state index < -0.39 is 0 Å². The summed E-state index contributed by atoms with van der Waals surface area (Å²) < 4.78 is 16.9. The summed E-state index contributed by atoms with van der Waals surface area (Å²) in [6.45, 7) is 0.416. The Morgan fingerprint density at radius 2 is 2.15 bits per heavy atom. The summed E-state index contributed by atoms with van der Waals surface area (Å²) in [6.07, 6.45) is 3.07. The molecule has 0 saturated heterocycles. The predicted octanol–water partition coefficient (Wildman–Crippen LogP) is 0.542. The van der Waals surface area contributed by atoms with E-state index in [4.69, 9.17) is 0 Å². The van der Waals surface area contributed by atoms with Crippen LogP contribution < -0.4 is 5.32 Å². The number of hydrogen-bond acceptors (Lipinski definition) is 6. The number of benzene rings is 1. The van der Waals surface area contributed by atoms with Crippen molar-refractivity contribution in [3.8, 4) is 5.69 Å². The van der Waals surface area contributed by atoms with Gasteiger partial charge in [0.05, 0.1) is 29.8 Å². The minimum Gasteiger partial charge on any atom is -0.377 e. The molecule has 3 rings (SSSR count). The Labute approximate surface area is 113 Å². The van der Waals surface area contributed by atoms with Crippen LogP contribution >= 0.6 is 0 Å². The Hall–Kier alpha value is -2.84. The van der Waals surface area contributed by atoms with Crippen molar-refractivity contribution in [2.24, 2.45) is 7.05 Å². The van der Waals surface area contributed by atoms with Crippen LogP contribution in [0, 0.1) is 5.82 Å². The summed E-state index contributed by atoms with van der Waals surface area (Å²) in [5.41, 5.74) is 1.87. The Kier molecular flexibility index (Phi) is 3.07. The van der Waals surface area contributed by atoms with Gasteiger partial charge in [0.15, 0.2) is 0 Å². The van der Waals surface area contributed by atoms with Gasteiger partial charge in [-0.25, -0.2) is 9.07 Å². The summed E-state index contributed by atoms with van der Waals surface area (Å²) in [4.78, 5) is 0. The van der Waals surface area contributed by atoms with E-state index in [9.17, 15) is 4.39 Å². The number of aryl methyl sites for hydroxylation is 1. The number of anilines is 1. The van der Waals surface area contributed by atoms with Crippen LogP contribution in [0.3, 0.4) is 0 Å². The fraction of sp³-hybridized carbons (Fsp3) is 0.182. The first-order valence-electron chi connectivity index (χ1n) is 5.84. The van der Waals surface area contributed by atoms with Gasteiger partial charge in [-0.05, 0) is 28.6 Å². The van der Waals surface area contributed by atoms with Gasteiger partial charge >= 0.3 is 0 Å². The minimum absolute atomic E-state index is 0.350. The Morgan fingerprint density at radius 3 is 2.85 bits per heavy atom. The van der Waals surface area contributed by atoms with Crippen molar-refractivity contribution >= 4 is 5.69 Å². The summed E-state index contributed by atoms with van der Waals surface area (Å²) in [7, 11) is 1.78. The topological polar surface area (TPSA) is 86.3 Å². The molecule has 0 radical (unpaired) electrons. The van der Waals surface area contributed by atoms with Crippen LogP contribution in [0.25, 0.3) is 5.69 Å². The highest BCUT2D eigenvalue weighted by Crippen LogP contribution is 2.18. The number of nitrogens with one attached hydrogen (secondary N) is 1. The average molecular weight is 274 g/mol. The first-order chi connectivity index (χ1) is 9.74. The lowest BCUT2D eigenvalue weighted by Crippen LogP contribution is -2.07. The minimum atomic E-state index is -0.350. The third-order valence-corrected chi connectivity index (χ3v) is 2.83. The highest BCUT2D eigenvalue weighted by molar-refractivity contribution is 5.52. The van der Waals surface area contributed by atoms with E-state index in [0.717, 1.165) is 5.69 Å². The van der Waals surface area contributed by atoms with Gasteiger partial charge in [0, 0.05) is 7.05 Å². The molecule has 1 aromatic carbocycles. The molecular weight excluding hydrogens is 263 g/mol. The smallest absolute Gasteiger partial charge is 0.146 e. The standard InChI is InChI=1S/C11H11FN8/c1-19-9(6-14-17-19)5-13-11-4-8(2-3-10(11)12)20-7-15-16-18-20/h2-4,6-7,13H,5H2,1H3. The quantitative estimate of drug-likeness (QED) is 0.747. The molecule has 8 nitrogen and oxygen atoms in total. The number of nitrogens with zero attached hydrogens (tertiary/aromatic N) is 7. The summed E-state index contributed by atoms with van der Waals surface area (Å²) >= 11 is 0. The van der Waals surface area contributed by atoms with E-state index in [1.165, 1.54) is 17.1 Å². The second kappa shape index (κ2) is 5.03. The van der Waals surface area contributed by atoms with Gasteiger partial charge in [0.2, 0.25) is 0 Å². The van der Waals surface area contributed by atoms with Crippen LogP contribution in [0.1, 0.15) is 5.69 Å². The second-order valence-electron chi connectivity index (χ2n) is 4.12. The van der Waals surface area contributed by atoms with E-state index in [1.807, 2.05) is 0 Å². The van der Waals surface area contributed by atoms with E-state index in [0.29, 0.717) is 17.9 Å². The fourth-order valence-corrected chi connectivity index (χ4v) is 1.73. The zero-order valence-corrected chi connectivity index (χ0v) is 10.6. The van der Waals surface area contributed by atoms with Crippen molar-refractivity contribution in [3.63, 3.8) is 0 Å². The van der Waals surface area contributed by atoms with Crippen LogP contribution in [0.4, 0.5) is 10.1 Å². The largest absolute Gasteiger partial charge is 0.377 e. The highest BCUT2D eigenvalue weighted by Gasteiger charge is 2.07. The molecule has 3 aromatic rings. The lowest BCUT2D eigenvalue weighted by Gasteiger charge is -2.09. The molecule has 0 atom stereocenters. The lowest BCUT2D eigenvalue weighted by atomic mass is 10.2. The summed E-state index contributed by atoms with van der Waals surface area (Å²) in [6, 6.07) is 4.60. The average Bonchev–Trinajstić information content (AvgIpc) is 3.10. The van der Waals surface area contributed by atoms with Crippen LogP contribution in [0.15, 0.2) is 30.7 Å². The Balaban J connectivity index is 1.82. The molecule has 102 valence electrons. The van der Waals surface area contributed by atoms with Gasteiger partial charge in [0.1, 0.15) is 12.1 Å². The third-order valence-electron chi connectivity index (χ3n) is 2.83. The maximum Gasteiger partial charge on any atom is 0.146 e. The van der Waals surface area contributed by atoms with Crippen LogP contribution in [-0.2, 0) is 13.6 Å². The normalized spacial score (nSPS) is 10.7. The Morgan fingerprint density at radius 1 is 1.25 bits per heavy atom. The number of aromatic nitrogens is 7. The van der Waals surface area contributed by atoms with E-state index >= 15 is 0 Å². The molecular formula is C11H11FN8. The van der Waals surface area contributed by atoms with Crippen LogP contribution in [-0.4, -0.2) is 35.2 Å². The molecule has 1 N–H and O–H groups in total. The van der Waals surface area contributed by atoms with E-state index in [1.54, 1.807) is 30.1 Å². The van der Waals surface area contributed by atoms with Crippen LogP contribution in [0.5, 0.6) is 0 Å². The maximum atomic E-state index is 13.8. The zero-order chi connectivity index (χ0) is 13.9. The molecule has 0 spiro atoms. The molecule has 0 bridgehead atoms. The number of rotatable bonds is 4. The number of hydrogen-bond donors (Lipinski definition) is 1. The molecule has 0 unspecified atom stereocenters. The zero-order valence-electron chi connectivity index (χ0n) is 10.6. The molecule has 9 heteroatoms. The van der Waals surface area contributed by atoms with E-state index in [2.05, 4.69) is 31.2 Å². The van der Waals surface area contributed by atoms with Crippen molar-refractivity contribution in [1.29, 1.82) is 0 Å². The maximum absolute atomic E-state index is 13.8. The first-order valence-corrected chi connectivity index (χ1v) is 5.84. The Bertz CT molecular complexity index is 705. The van der Waals surface area contributed by atoms with Gasteiger partial charge < -0.3 is 5.32 Å². The van der Waals surface area contributed by atoms with Gasteiger partial charge in [-0.15, -0.1) is 10.2 Å². The summed E-state index contributed by atoms with van der Waals surface area (Å²) in [5, 5.41) is 21.4. The lowest BCUT2D eigenvalue weighted by molar-refractivity contribution is 0.627. The van der Waals surface area contributed by atoms with Gasteiger partial charge in [-0.1, -0.05) is 5.21 Å². The molecule has 20 heavy (non-hydrogen) atoms. The van der Waals surface area contributed by atoms with E-state index in [-0.39, 0.29) is 5.82 Å². The van der Waals surface area contributed by atoms with Gasteiger partial charge in [-0.3, -0.25) is 4.68 Å². The van der Waals surface area contributed by atoms with Crippen molar-refractivity contribution in [2.45, 2.75) is 6.54 Å². The van der Waals surface area contributed by atoms with Crippen molar-refractivity contribution in [2.75, 3.05) is 5.32 Å². The predicted molar refractivity (Wildman–Crippen MR) is 67.4 cm³/mol. The molecule has 0 fully saturated rings. The molecule has 0 saturated carbocycles. The number of tetrazole rings is 1. The summed E-state index contributed by atoms with van der Waals surface area (Å²) in [5.74, 6) is -0.350. The van der Waals surface area contributed by atoms with Crippen molar-refractivity contribution in [1.82, 2.24) is 35.2 Å². The second-order valence-corrected chi connectivity index (χ2v) is 4.12. The van der Waals surface area contributed by atoms with Crippen molar-refractivity contribution < 1.29 is 4.39 Å². The fourth-order valence-electron chi connectivity index (χ4n) is 1.73. The van der Waals surface area contributed by atoms with Crippen LogP contribution in [0.2, 0.25) is 0 Å². The monoisotopic (exact) mass is 274 g/mol. The van der Waals surface area contributed by atoms with Gasteiger partial charge in [-0.2, -0.15) is 0 Å². The molecule has 0 aliphatic heterocycles. The molecule has 2 aromatic heterocycles. The third kappa shape index (κ3) is 2.32. The molecule has 0 aliphatic rings. The number of halogens is 1. The molecule has 0 amide bonds. The first kappa shape index (κ1) is 12.2. The SMILES string of the molecule is Cn1nncc1CNc1cc(-n2cnnn2)ccc1F. The molecule has 0 aliphatic carbocycles. The van der Waals surface area contributed by atoms with Crippen molar-refractivity contribution in [3.05, 3.63) is 42.2 Å². The van der Waals surface area contributed by atoms with Gasteiger partial charge in [0.25, 0.3) is 0 Å².